The summed E-state index contributed by atoms with van der Waals surface area (Å²) in [5.74, 6) is 1.00. The molecule has 0 saturated heterocycles. The number of amides is 2. The molecule has 166 valence electrons. The van der Waals surface area contributed by atoms with Gasteiger partial charge >= 0.3 is 0 Å². The van der Waals surface area contributed by atoms with Crippen molar-refractivity contribution in [3.8, 4) is 17.2 Å². The van der Waals surface area contributed by atoms with E-state index in [-0.39, 0.29) is 0 Å². The van der Waals surface area contributed by atoms with Gasteiger partial charge in [0.15, 0.2) is 11.5 Å². The molecule has 0 atom stereocenters. The van der Waals surface area contributed by atoms with Gasteiger partial charge in [-0.05, 0) is 54.5 Å². The zero-order valence-electron chi connectivity index (χ0n) is 18.3. The lowest BCUT2D eigenvalue weighted by atomic mass is 10.2. The maximum atomic E-state index is 12.2. The fourth-order valence-corrected chi connectivity index (χ4v) is 2.78. The van der Waals surface area contributed by atoms with Gasteiger partial charge in [-0.3, -0.25) is 20.4 Å². The van der Waals surface area contributed by atoms with Crippen LogP contribution < -0.4 is 25.1 Å². The largest absolute Gasteiger partial charge is 0.494 e. The smallest absolute Gasteiger partial charge is 0.269 e. The molecule has 7 heteroatoms. The fourth-order valence-electron chi connectivity index (χ4n) is 2.78. The quantitative estimate of drug-likeness (QED) is 0.320. The zero-order valence-corrected chi connectivity index (χ0v) is 18.3. The predicted molar refractivity (Wildman–Crippen MR) is 120 cm³/mol. The molecule has 0 fully saturated rings. The minimum atomic E-state index is -0.463. The van der Waals surface area contributed by atoms with Gasteiger partial charge in [0.1, 0.15) is 5.75 Å². The molecule has 0 aliphatic carbocycles. The first-order valence-corrected chi connectivity index (χ1v) is 10.3. The topological polar surface area (TPSA) is 85.9 Å². The third kappa shape index (κ3) is 8.04. The summed E-state index contributed by atoms with van der Waals surface area (Å²) >= 11 is 0. The summed E-state index contributed by atoms with van der Waals surface area (Å²) in [6.45, 7) is 2.83. The number of ether oxygens (including phenoxy) is 3. The van der Waals surface area contributed by atoms with Gasteiger partial charge in [0.25, 0.3) is 11.8 Å². The molecule has 0 heterocycles. The van der Waals surface area contributed by atoms with Crippen molar-refractivity contribution in [3.63, 3.8) is 0 Å². The monoisotopic (exact) mass is 426 g/mol. The van der Waals surface area contributed by atoms with E-state index in [0.717, 1.165) is 24.2 Å². The van der Waals surface area contributed by atoms with Crippen LogP contribution in [0.15, 0.2) is 48.5 Å². The van der Waals surface area contributed by atoms with Crippen LogP contribution in [0.2, 0.25) is 0 Å². The Morgan fingerprint density at radius 1 is 0.903 bits per heavy atom. The number of rotatable bonds is 11. The van der Waals surface area contributed by atoms with Gasteiger partial charge < -0.3 is 14.2 Å². The lowest BCUT2D eigenvalue weighted by molar-refractivity contribution is -0.117. The van der Waals surface area contributed by atoms with Crippen molar-refractivity contribution in [3.05, 3.63) is 59.7 Å². The van der Waals surface area contributed by atoms with Crippen LogP contribution in [-0.2, 0) is 4.79 Å². The lowest BCUT2D eigenvalue weighted by Crippen LogP contribution is -2.40. The maximum Gasteiger partial charge on any atom is 0.269 e. The Morgan fingerprint density at radius 3 is 2.32 bits per heavy atom. The van der Waals surface area contributed by atoms with Gasteiger partial charge in [-0.1, -0.05) is 32.3 Å². The van der Waals surface area contributed by atoms with Crippen LogP contribution in [0.25, 0.3) is 6.08 Å². The molecule has 31 heavy (non-hydrogen) atoms. The Kier molecular flexibility index (Phi) is 9.94. The van der Waals surface area contributed by atoms with Crippen molar-refractivity contribution in [1.29, 1.82) is 0 Å². The van der Waals surface area contributed by atoms with Crippen LogP contribution in [0.1, 0.15) is 48.5 Å². The van der Waals surface area contributed by atoms with E-state index in [1.165, 1.54) is 18.9 Å². The second kappa shape index (κ2) is 13.0. The molecule has 2 rings (SSSR count). The average molecular weight is 427 g/mol. The molecule has 0 spiro atoms. The first kappa shape index (κ1) is 23.8. The van der Waals surface area contributed by atoms with Crippen molar-refractivity contribution in [2.45, 2.75) is 32.6 Å². The number of benzene rings is 2. The van der Waals surface area contributed by atoms with Crippen LogP contribution in [0.4, 0.5) is 0 Å². The van der Waals surface area contributed by atoms with E-state index in [4.69, 9.17) is 14.2 Å². The van der Waals surface area contributed by atoms with Crippen LogP contribution in [0, 0.1) is 0 Å². The van der Waals surface area contributed by atoms with Crippen LogP contribution in [-0.4, -0.2) is 32.6 Å². The molecule has 0 aliphatic rings. The molecule has 2 aromatic carbocycles. The molecule has 2 aromatic rings. The van der Waals surface area contributed by atoms with Crippen molar-refractivity contribution in [1.82, 2.24) is 10.9 Å². The number of carbonyl (C=O) groups is 2. The van der Waals surface area contributed by atoms with Crippen molar-refractivity contribution in [2.24, 2.45) is 0 Å². The first-order valence-electron chi connectivity index (χ1n) is 10.3. The van der Waals surface area contributed by atoms with Gasteiger partial charge in [-0.15, -0.1) is 0 Å². The molecule has 2 amide bonds. The number of methoxy groups -OCH3 is 2. The molecule has 0 bridgehead atoms. The number of unbranched alkanes of at least 4 members (excludes halogenated alkanes) is 3. The average Bonchev–Trinajstić information content (AvgIpc) is 2.81. The third-order valence-electron chi connectivity index (χ3n) is 4.52. The normalized spacial score (nSPS) is 10.5. The van der Waals surface area contributed by atoms with E-state index in [2.05, 4.69) is 17.8 Å². The number of carbonyl (C=O) groups excluding carboxylic acids is 2. The van der Waals surface area contributed by atoms with Crippen LogP contribution in [0.5, 0.6) is 17.2 Å². The summed E-state index contributed by atoms with van der Waals surface area (Å²) < 4.78 is 16.1. The summed E-state index contributed by atoms with van der Waals surface area (Å²) in [4.78, 5) is 24.2. The highest BCUT2D eigenvalue weighted by Gasteiger charge is 2.07. The second-order valence-electron chi connectivity index (χ2n) is 6.82. The van der Waals surface area contributed by atoms with Crippen molar-refractivity contribution >= 4 is 17.9 Å². The molecule has 0 saturated carbocycles. The number of hydrazine groups is 1. The molecule has 2 N–H and O–H groups in total. The van der Waals surface area contributed by atoms with Crippen LogP contribution in [0.3, 0.4) is 0 Å². The predicted octanol–water partition coefficient (Wildman–Crippen LogP) is 4.14. The highest BCUT2D eigenvalue weighted by atomic mass is 16.5. The Bertz CT molecular complexity index is 878. The molecule has 0 aromatic heterocycles. The van der Waals surface area contributed by atoms with E-state index >= 15 is 0 Å². The van der Waals surface area contributed by atoms with Gasteiger partial charge in [0, 0.05) is 11.6 Å². The van der Waals surface area contributed by atoms with Crippen molar-refractivity contribution in [2.75, 3.05) is 20.8 Å². The van der Waals surface area contributed by atoms with Gasteiger partial charge in [0.05, 0.1) is 20.8 Å². The third-order valence-corrected chi connectivity index (χ3v) is 4.52. The fraction of sp³-hybridized carbons (Fsp3) is 0.333. The van der Waals surface area contributed by atoms with E-state index < -0.39 is 11.8 Å². The molecular formula is C24H30N2O5. The molecule has 0 aliphatic heterocycles. The summed E-state index contributed by atoms with van der Waals surface area (Å²) in [6, 6.07) is 12.1. The van der Waals surface area contributed by atoms with Gasteiger partial charge in [0.2, 0.25) is 0 Å². The summed E-state index contributed by atoms with van der Waals surface area (Å²) in [5.41, 5.74) is 5.92. The Labute approximate surface area is 183 Å². The summed E-state index contributed by atoms with van der Waals surface area (Å²) in [7, 11) is 3.10. The molecule has 7 nitrogen and oxygen atoms in total. The highest BCUT2D eigenvalue weighted by molar-refractivity contribution is 5.98. The molecule has 0 unspecified atom stereocenters. The Hall–Kier alpha value is -3.48. The maximum absolute atomic E-state index is 12.2. The number of hydrogen-bond acceptors (Lipinski definition) is 5. The van der Waals surface area contributed by atoms with E-state index in [0.29, 0.717) is 23.7 Å². The summed E-state index contributed by atoms with van der Waals surface area (Å²) in [5, 5.41) is 0. The highest BCUT2D eigenvalue weighted by Crippen LogP contribution is 2.27. The summed E-state index contributed by atoms with van der Waals surface area (Å²) in [6.07, 6.45) is 7.48. The Balaban J connectivity index is 1.79. The van der Waals surface area contributed by atoms with E-state index in [9.17, 15) is 9.59 Å². The minimum Gasteiger partial charge on any atom is -0.494 e. The SMILES string of the molecule is CCCCCCOc1ccc(C(=O)NNC(=O)C=Cc2ccc(OC)c(OC)c2)cc1. The zero-order chi connectivity index (χ0) is 22.5. The Morgan fingerprint density at radius 2 is 1.65 bits per heavy atom. The molecule has 0 radical (unpaired) electrons. The van der Waals surface area contributed by atoms with Gasteiger partial charge in [-0.25, -0.2) is 0 Å². The first-order chi connectivity index (χ1) is 15.1. The van der Waals surface area contributed by atoms with E-state index in [1.807, 2.05) is 0 Å². The number of nitrogens with one attached hydrogen (secondary N) is 2. The molecular weight excluding hydrogens is 396 g/mol. The van der Waals surface area contributed by atoms with Gasteiger partial charge in [-0.2, -0.15) is 0 Å². The second-order valence-corrected chi connectivity index (χ2v) is 6.82. The minimum absolute atomic E-state index is 0.414. The van der Waals surface area contributed by atoms with E-state index in [1.54, 1.807) is 62.8 Å². The van der Waals surface area contributed by atoms with Crippen molar-refractivity contribution < 1.29 is 23.8 Å². The lowest BCUT2D eigenvalue weighted by Gasteiger charge is -2.08. The van der Waals surface area contributed by atoms with Crippen LogP contribution >= 0.6 is 0 Å². The standard InChI is InChI=1S/C24H30N2O5/c1-4-5-6-7-16-31-20-12-10-19(11-13-20)24(28)26-25-23(27)15-9-18-8-14-21(29-2)22(17-18)30-3/h8-15,17H,4-7,16H2,1-3H3,(H,25,27)(H,26,28). The number of hydrogen-bond donors (Lipinski definition) is 2.